The van der Waals surface area contributed by atoms with Crippen LogP contribution in [0, 0.1) is 0 Å². The average molecular weight is 323 g/mol. The summed E-state index contributed by atoms with van der Waals surface area (Å²) in [6.45, 7) is 1.97. The third kappa shape index (κ3) is 3.07. The molecule has 0 aliphatic heterocycles. The van der Waals surface area contributed by atoms with Gasteiger partial charge in [-0.05, 0) is 39.7 Å². The fraction of sp³-hybridized carbons (Fsp3) is 0.267. The molecule has 0 bridgehead atoms. The van der Waals surface area contributed by atoms with Gasteiger partial charge in [0.2, 0.25) is 0 Å². The van der Waals surface area contributed by atoms with Crippen LogP contribution in [-0.4, -0.2) is 12.9 Å². The minimum absolute atomic E-state index is 0.0719. The van der Waals surface area contributed by atoms with E-state index in [2.05, 4.69) is 15.9 Å². The maximum Gasteiger partial charge on any atom is 0.170 e. The number of methoxy groups -OCH3 is 1. The van der Waals surface area contributed by atoms with Crippen molar-refractivity contribution in [1.29, 1.82) is 0 Å². The zero-order chi connectivity index (χ0) is 13.8. The lowest BCUT2D eigenvalue weighted by Gasteiger charge is -2.06. The molecule has 0 radical (unpaired) electrons. The molecule has 0 saturated carbocycles. The van der Waals surface area contributed by atoms with Gasteiger partial charge in [0.15, 0.2) is 5.78 Å². The van der Waals surface area contributed by atoms with E-state index in [1.165, 1.54) is 0 Å². The standard InChI is InChI=1S/C15H15BrO3/c1-3-14-11(6-7-19-14)13(17)9-10-4-5-15(18-2)12(16)8-10/h4-8H,3,9H2,1-2H3. The Labute approximate surface area is 120 Å². The Morgan fingerprint density at radius 1 is 1.37 bits per heavy atom. The van der Waals surface area contributed by atoms with E-state index in [4.69, 9.17) is 9.15 Å². The molecule has 2 aromatic rings. The van der Waals surface area contributed by atoms with Gasteiger partial charge in [-0.25, -0.2) is 0 Å². The fourth-order valence-corrected chi connectivity index (χ4v) is 2.55. The maximum atomic E-state index is 12.2. The van der Waals surface area contributed by atoms with Crippen molar-refractivity contribution in [3.05, 3.63) is 51.9 Å². The van der Waals surface area contributed by atoms with Gasteiger partial charge >= 0.3 is 0 Å². The summed E-state index contributed by atoms with van der Waals surface area (Å²) in [4.78, 5) is 12.2. The smallest absolute Gasteiger partial charge is 0.170 e. The van der Waals surface area contributed by atoms with E-state index in [9.17, 15) is 4.79 Å². The first-order chi connectivity index (χ1) is 9.15. The summed E-state index contributed by atoms with van der Waals surface area (Å²) in [7, 11) is 1.61. The molecule has 0 amide bonds. The summed E-state index contributed by atoms with van der Waals surface area (Å²) in [6.07, 6.45) is 2.64. The second-order valence-electron chi connectivity index (χ2n) is 4.18. The number of furan rings is 1. The molecule has 1 aromatic carbocycles. The zero-order valence-corrected chi connectivity index (χ0v) is 12.5. The molecule has 2 rings (SSSR count). The van der Waals surface area contributed by atoms with Crippen LogP contribution in [0.1, 0.15) is 28.6 Å². The van der Waals surface area contributed by atoms with Gasteiger partial charge in [-0.15, -0.1) is 0 Å². The average Bonchev–Trinajstić information content (AvgIpc) is 2.87. The van der Waals surface area contributed by atoms with Crippen molar-refractivity contribution in [3.8, 4) is 5.75 Å². The third-order valence-corrected chi connectivity index (χ3v) is 3.57. The van der Waals surface area contributed by atoms with E-state index in [-0.39, 0.29) is 5.78 Å². The van der Waals surface area contributed by atoms with Crippen LogP contribution in [0.3, 0.4) is 0 Å². The Morgan fingerprint density at radius 2 is 2.16 bits per heavy atom. The highest BCUT2D eigenvalue weighted by Crippen LogP contribution is 2.26. The van der Waals surface area contributed by atoms with Gasteiger partial charge in [0.05, 0.1) is 23.4 Å². The molecule has 0 unspecified atom stereocenters. The van der Waals surface area contributed by atoms with E-state index in [1.807, 2.05) is 25.1 Å². The summed E-state index contributed by atoms with van der Waals surface area (Å²) >= 11 is 3.42. The SMILES string of the molecule is CCc1occc1C(=O)Cc1ccc(OC)c(Br)c1. The van der Waals surface area contributed by atoms with Gasteiger partial charge in [-0.3, -0.25) is 4.79 Å². The van der Waals surface area contributed by atoms with Crippen LogP contribution < -0.4 is 4.74 Å². The molecule has 0 spiro atoms. The lowest BCUT2D eigenvalue weighted by molar-refractivity contribution is 0.0991. The van der Waals surface area contributed by atoms with Crippen LogP contribution in [0.4, 0.5) is 0 Å². The Bertz CT molecular complexity index is 587. The van der Waals surface area contributed by atoms with Crippen LogP contribution in [0.5, 0.6) is 5.75 Å². The van der Waals surface area contributed by atoms with Crippen LogP contribution in [0.25, 0.3) is 0 Å². The molecule has 0 aliphatic carbocycles. The summed E-state index contributed by atoms with van der Waals surface area (Å²) in [5.41, 5.74) is 1.62. The Kier molecular flexibility index (Phi) is 4.43. The first kappa shape index (κ1) is 13.9. The number of halogens is 1. The number of carbonyl (C=O) groups excluding carboxylic acids is 1. The molecule has 0 aliphatic rings. The van der Waals surface area contributed by atoms with Crippen molar-refractivity contribution < 1.29 is 13.9 Å². The van der Waals surface area contributed by atoms with E-state index in [1.54, 1.807) is 19.4 Å². The third-order valence-electron chi connectivity index (χ3n) is 2.95. The quantitative estimate of drug-likeness (QED) is 0.780. The molecule has 0 atom stereocenters. The van der Waals surface area contributed by atoms with Crippen molar-refractivity contribution in [2.45, 2.75) is 19.8 Å². The van der Waals surface area contributed by atoms with E-state index < -0.39 is 0 Å². The summed E-state index contributed by atoms with van der Waals surface area (Å²) < 4.78 is 11.3. The molecule has 1 aromatic heterocycles. The Balaban J connectivity index is 2.17. The largest absolute Gasteiger partial charge is 0.496 e. The number of hydrogen-bond donors (Lipinski definition) is 0. The maximum absolute atomic E-state index is 12.2. The highest BCUT2D eigenvalue weighted by Gasteiger charge is 2.14. The van der Waals surface area contributed by atoms with E-state index >= 15 is 0 Å². The van der Waals surface area contributed by atoms with Gasteiger partial charge in [0.25, 0.3) is 0 Å². The van der Waals surface area contributed by atoms with Crippen LogP contribution in [0.15, 0.2) is 39.4 Å². The predicted molar refractivity (Wildman–Crippen MR) is 76.8 cm³/mol. The number of hydrogen-bond acceptors (Lipinski definition) is 3. The van der Waals surface area contributed by atoms with Gasteiger partial charge < -0.3 is 9.15 Å². The Hall–Kier alpha value is -1.55. The van der Waals surface area contributed by atoms with Crippen molar-refractivity contribution >= 4 is 21.7 Å². The molecule has 0 N–H and O–H groups in total. The number of rotatable bonds is 5. The second-order valence-corrected chi connectivity index (χ2v) is 5.03. The molecular formula is C15H15BrO3. The first-order valence-electron chi connectivity index (χ1n) is 6.07. The molecular weight excluding hydrogens is 308 g/mol. The number of benzene rings is 1. The molecule has 0 fully saturated rings. The number of ketones is 1. The molecule has 100 valence electrons. The van der Waals surface area contributed by atoms with E-state index in [0.717, 1.165) is 28.0 Å². The first-order valence-corrected chi connectivity index (χ1v) is 6.87. The molecule has 1 heterocycles. The van der Waals surface area contributed by atoms with Crippen LogP contribution >= 0.6 is 15.9 Å². The topological polar surface area (TPSA) is 39.4 Å². The van der Waals surface area contributed by atoms with Crippen molar-refractivity contribution in [3.63, 3.8) is 0 Å². The zero-order valence-electron chi connectivity index (χ0n) is 10.9. The summed E-state index contributed by atoms with van der Waals surface area (Å²) in [5.74, 6) is 1.58. The fourth-order valence-electron chi connectivity index (χ4n) is 1.96. The van der Waals surface area contributed by atoms with Gasteiger partial charge in [0, 0.05) is 12.8 Å². The monoisotopic (exact) mass is 322 g/mol. The lowest BCUT2D eigenvalue weighted by Crippen LogP contribution is -2.05. The molecule has 3 nitrogen and oxygen atoms in total. The van der Waals surface area contributed by atoms with Crippen LogP contribution in [-0.2, 0) is 12.8 Å². The molecule has 0 saturated heterocycles. The highest BCUT2D eigenvalue weighted by molar-refractivity contribution is 9.10. The molecule has 19 heavy (non-hydrogen) atoms. The number of aryl methyl sites for hydroxylation is 1. The van der Waals surface area contributed by atoms with Crippen molar-refractivity contribution in [2.24, 2.45) is 0 Å². The Morgan fingerprint density at radius 3 is 2.79 bits per heavy atom. The predicted octanol–water partition coefficient (Wildman–Crippen LogP) is 4.04. The van der Waals surface area contributed by atoms with Crippen molar-refractivity contribution in [1.82, 2.24) is 0 Å². The van der Waals surface area contributed by atoms with Gasteiger partial charge in [-0.1, -0.05) is 13.0 Å². The van der Waals surface area contributed by atoms with Gasteiger partial charge in [0.1, 0.15) is 11.5 Å². The number of ether oxygens (including phenoxy) is 1. The lowest BCUT2D eigenvalue weighted by atomic mass is 10.0. The second kappa shape index (κ2) is 6.06. The number of carbonyl (C=O) groups is 1. The van der Waals surface area contributed by atoms with E-state index in [0.29, 0.717) is 12.0 Å². The minimum atomic E-state index is 0.0719. The van der Waals surface area contributed by atoms with Crippen LogP contribution in [0.2, 0.25) is 0 Å². The highest BCUT2D eigenvalue weighted by atomic mass is 79.9. The summed E-state index contributed by atoms with van der Waals surface area (Å²) in [6, 6.07) is 7.39. The normalized spacial score (nSPS) is 10.5. The summed E-state index contributed by atoms with van der Waals surface area (Å²) in [5, 5.41) is 0. The minimum Gasteiger partial charge on any atom is -0.496 e. The van der Waals surface area contributed by atoms with Crippen molar-refractivity contribution in [2.75, 3.05) is 7.11 Å². The number of Topliss-reactive ketones (excluding diaryl/α,β-unsaturated/α-hetero) is 1. The van der Waals surface area contributed by atoms with Gasteiger partial charge in [-0.2, -0.15) is 0 Å². The molecule has 4 heteroatoms.